The van der Waals surface area contributed by atoms with Crippen molar-refractivity contribution < 1.29 is 10.0 Å². The Morgan fingerprint density at radius 3 is 2.95 bits per heavy atom. The standard InChI is InChI=1S/C14H20N2O3S/c1-14(2)10-15(6-7-20-14)9-13(17)11-4-3-5-12(8-11)16(18)19/h3-5,8,13,17H,6-7,9-10H2,1-2H3. The molecular formula is C14H20N2O3S. The van der Waals surface area contributed by atoms with Gasteiger partial charge in [-0.3, -0.25) is 15.0 Å². The second-order valence-corrected chi connectivity index (χ2v) is 7.51. The molecule has 1 unspecified atom stereocenters. The maximum Gasteiger partial charge on any atom is 0.269 e. The van der Waals surface area contributed by atoms with E-state index in [1.54, 1.807) is 12.1 Å². The Balaban J connectivity index is 2.02. The minimum atomic E-state index is -0.686. The molecule has 1 aliphatic rings. The number of hydrogen-bond donors (Lipinski definition) is 1. The van der Waals surface area contributed by atoms with E-state index in [1.807, 2.05) is 11.8 Å². The minimum absolute atomic E-state index is 0.0241. The topological polar surface area (TPSA) is 66.6 Å². The van der Waals surface area contributed by atoms with E-state index < -0.39 is 11.0 Å². The molecule has 1 atom stereocenters. The first-order valence-corrected chi connectivity index (χ1v) is 7.65. The van der Waals surface area contributed by atoms with Gasteiger partial charge < -0.3 is 5.11 Å². The van der Waals surface area contributed by atoms with E-state index >= 15 is 0 Å². The average Bonchev–Trinajstić information content (AvgIpc) is 2.37. The van der Waals surface area contributed by atoms with Crippen LogP contribution in [0.3, 0.4) is 0 Å². The molecule has 0 radical (unpaired) electrons. The van der Waals surface area contributed by atoms with E-state index in [0.29, 0.717) is 12.1 Å². The predicted molar refractivity (Wildman–Crippen MR) is 81.0 cm³/mol. The largest absolute Gasteiger partial charge is 0.387 e. The normalized spacial score (nSPS) is 20.6. The number of thioether (sulfide) groups is 1. The Bertz CT molecular complexity index is 493. The van der Waals surface area contributed by atoms with Gasteiger partial charge in [0.05, 0.1) is 11.0 Å². The molecular weight excluding hydrogens is 276 g/mol. The van der Waals surface area contributed by atoms with Gasteiger partial charge in [-0.25, -0.2) is 0 Å². The summed E-state index contributed by atoms with van der Waals surface area (Å²) in [7, 11) is 0. The fraction of sp³-hybridized carbons (Fsp3) is 0.571. The van der Waals surface area contributed by atoms with E-state index in [-0.39, 0.29) is 10.4 Å². The Labute approximate surface area is 123 Å². The molecule has 1 fully saturated rings. The number of nitrogens with zero attached hydrogens (tertiary/aromatic N) is 2. The number of nitro benzene ring substituents is 1. The zero-order valence-electron chi connectivity index (χ0n) is 11.8. The SMILES string of the molecule is CC1(C)CN(CC(O)c2cccc([N+](=O)[O-])c2)CCS1. The van der Waals surface area contributed by atoms with Crippen LogP contribution in [0, 0.1) is 10.1 Å². The molecule has 20 heavy (non-hydrogen) atoms. The number of β-amino-alcohol motifs (C(OH)–C–C–N with tert-alkyl or cyclic N) is 1. The number of benzene rings is 1. The van der Waals surface area contributed by atoms with Crippen LogP contribution in [-0.4, -0.2) is 45.1 Å². The van der Waals surface area contributed by atoms with E-state index in [4.69, 9.17) is 0 Å². The van der Waals surface area contributed by atoms with Gasteiger partial charge >= 0.3 is 0 Å². The number of nitro groups is 1. The minimum Gasteiger partial charge on any atom is -0.387 e. The van der Waals surface area contributed by atoms with Crippen molar-refractivity contribution in [2.45, 2.75) is 24.7 Å². The fourth-order valence-corrected chi connectivity index (χ4v) is 3.64. The van der Waals surface area contributed by atoms with Crippen LogP contribution in [0.2, 0.25) is 0 Å². The average molecular weight is 296 g/mol. The summed E-state index contributed by atoms with van der Waals surface area (Å²) in [6, 6.07) is 6.25. The van der Waals surface area contributed by atoms with Crippen LogP contribution < -0.4 is 0 Å². The Morgan fingerprint density at radius 2 is 2.30 bits per heavy atom. The molecule has 0 aliphatic carbocycles. The molecule has 5 nitrogen and oxygen atoms in total. The Morgan fingerprint density at radius 1 is 1.55 bits per heavy atom. The highest BCUT2D eigenvalue weighted by Gasteiger charge is 2.28. The van der Waals surface area contributed by atoms with Crippen molar-refractivity contribution in [2.24, 2.45) is 0 Å². The summed E-state index contributed by atoms with van der Waals surface area (Å²) in [5.74, 6) is 1.05. The Kier molecular flexibility index (Phi) is 4.67. The molecule has 1 aromatic carbocycles. The van der Waals surface area contributed by atoms with Crippen molar-refractivity contribution in [1.29, 1.82) is 0 Å². The van der Waals surface area contributed by atoms with Crippen molar-refractivity contribution in [3.05, 3.63) is 39.9 Å². The predicted octanol–water partition coefficient (Wildman–Crippen LogP) is 2.46. The van der Waals surface area contributed by atoms with Crippen LogP contribution in [-0.2, 0) is 0 Å². The summed E-state index contributed by atoms with van der Waals surface area (Å²) in [5.41, 5.74) is 0.631. The second kappa shape index (κ2) is 6.11. The van der Waals surface area contributed by atoms with Gasteiger partial charge in [0, 0.05) is 42.3 Å². The summed E-state index contributed by atoms with van der Waals surface area (Å²) < 4.78 is 0.195. The lowest BCUT2D eigenvalue weighted by Crippen LogP contribution is -2.44. The maximum atomic E-state index is 10.8. The van der Waals surface area contributed by atoms with E-state index in [0.717, 1.165) is 18.8 Å². The summed E-state index contributed by atoms with van der Waals surface area (Å²) >= 11 is 1.94. The highest BCUT2D eigenvalue weighted by Crippen LogP contribution is 2.30. The van der Waals surface area contributed by atoms with Gasteiger partial charge in [-0.05, 0) is 19.4 Å². The summed E-state index contributed by atoms with van der Waals surface area (Å²) in [4.78, 5) is 12.6. The smallest absolute Gasteiger partial charge is 0.269 e. The van der Waals surface area contributed by atoms with Gasteiger partial charge in [0.2, 0.25) is 0 Å². The van der Waals surface area contributed by atoms with Crippen LogP contribution in [0.25, 0.3) is 0 Å². The lowest BCUT2D eigenvalue weighted by atomic mass is 10.1. The summed E-state index contributed by atoms with van der Waals surface area (Å²) in [5, 5.41) is 21.0. The number of aliphatic hydroxyl groups is 1. The molecule has 1 aliphatic heterocycles. The quantitative estimate of drug-likeness (QED) is 0.683. The molecule has 0 aromatic heterocycles. The lowest BCUT2D eigenvalue weighted by Gasteiger charge is -2.38. The van der Waals surface area contributed by atoms with Crippen molar-refractivity contribution in [3.63, 3.8) is 0 Å². The van der Waals surface area contributed by atoms with Gasteiger partial charge in [0.1, 0.15) is 0 Å². The van der Waals surface area contributed by atoms with E-state index in [2.05, 4.69) is 18.7 Å². The van der Waals surface area contributed by atoms with Crippen LogP contribution in [0.5, 0.6) is 0 Å². The van der Waals surface area contributed by atoms with Gasteiger partial charge in [0.15, 0.2) is 0 Å². The number of hydrogen-bond acceptors (Lipinski definition) is 5. The van der Waals surface area contributed by atoms with Crippen molar-refractivity contribution >= 4 is 17.4 Å². The van der Waals surface area contributed by atoms with Crippen molar-refractivity contribution in [3.8, 4) is 0 Å². The van der Waals surface area contributed by atoms with E-state index in [9.17, 15) is 15.2 Å². The third kappa shape index (κ3) is 3.94. The van der Waals surface area contributed by atoms with Crippen LogP contribution in [0.4, 0.5) is 5.69 Å². The molecule has 2 rings (SSSR count). The molecule has 1 aromatic rings. The molecule has 1 heterocycles. The molecule has 1 saturated heterocycles. The highest BCUT2D eigenvalue weighted by molar-refractivity contribution is 8.00. The molecule has 0 spiro atoms. The van der Waals surface area contributed by atoms with Gasteiger partial charge in [-0.15, -0.1) is 0 Å². The van der Waals surface area contributed by atoms with Crippen LogP contribution >= 0.6 is 11.8 Å². The number of rotatable bonds is 4. The van der Waals surface area contributed by atoms with Gasteiger partial charge in [-0.1, -0.05) is 12.1 Å². The molecule has 0 amide bonds. The van der Waals surface area contributed by atoms with E-state index in [1.165, 1.54) is 12.1 Å². The second-order valence-electron chi connectivity index (χ2n) is 5.71. The molecule has 6 heteroatoms. The fourth-order valence-electron chi connectivity index (χ4n) is 2.47. The third-order valence-corrected chi connectivity index (χ3v) is 4.70. The van der Waals surface area contributed by atoms with Crippen LogP contribution in [0.15, 0.2) is 24.3 Å². The zero-order valence-corrected chi connectivity index (χ0v) is 12.6. The Hall–Kier alpha value is -1.11. The van der Waals surface area contributed by atoms with Gasteiger partial charge in [0.25, 0.3) is 5.69 Å². The molecule has 0 bridgehead atoms. The van der Waals surface area contributed by atoms with Crippen molar-refractivity contribution in [1.82, 2.24) is 4.90 Å². The number of non-ortho nitro benzene ring substituents is 1. The summed E-state index contributed by atoms with van der Waals surface area (Å²) in [6.45, 7) is 6.78. The first-order chi connectivity index (χ1) is 9.37. The first kappa shape index (κ1) is 15.3. The molecule has 0 saturated carbocycles. The molecule has 110 valence electrons. The highest BCUT2D eigenvalue weighted by atomic mass is 32.2. The van der Waals surface area contributed by atoms with Gasteiger partial charge in [-0.2, -0.15) is 11.8 Å². The third-order valence-electron chi connectivity index (χ3n) is 3.40. The maximum absolute atomic E-state index is 10.8. The first-order valence-electron chi connectivity index (χ1n) is 6.66. The summed E-state index contributed by atoms with van der Waals surface area (Å²) in [6.07, 6.45) is -0.686. The lowest BCUT2D eigenvalue weighted by molar-refractivity contribution is -0.385. The number of aliphatic hydroxyl groups excluding tert-OH is 1. The van der Waals surface area contributed by atoms with Crippen LogP contribution in [0.1, 0.15) is 25.5 Å². The monoisotopic (exact) mass is 296 g/mol. The zero-order chi connectivity index (χ0) is 14.8. The van der Waals surface area contributed by atoms with Crippen molar-refractivity contribution in [2.75, 3.05) is 25.4 Å². The molecule has 1 N–H and O–H groups in total.